The van der Waals surface area contributed by atoms with Gasteiger partial charge in [-0.15, -0.1) is 0 Å². The van der Waals surface area contributed by atoms with Crippen LogP contribution in [-0.4, -0.2) is 87.7 Å². The number of carbonyl (C=O) groups excluding carboxylic acids is 1. The summed E-state index contributed by atoms with van der Waals surface area (Å²) in [5.41, 5.74) is 5.09. The molecule has 1 aromatic heterocycles. The van der Waals surface area contributed by atoms with Crippen LogP contribution in [0.3, 0.4) is 0 Å². The third-order valence-corrected chi connectivity index (χ3v) is 9.61. The van der Waals surface area contributed by atoms with Crippen LogP contribution >= 0.6 is 11.6 Å². The number of aliphatic hydroxyl groups excluding tert-OH is 1. The van der Waals surface area contributed by atoms with Crippen molar-refractivity contribution in [1.29, 1.82) is 0 Å². The standard InChI is InChI=1S/C37H46ClN5O2/c1-3-40(4-2)23-24-42(25-26-44)36(45)35-34(39-29-43(35)27-30-15-17-33(38)18-16-30)28-41-21-19-37(20-22-41,31-11-7-5-8-12-31)32-13-9-6-10-14-32/h5-18,29,44H,3-4,19-28H2,1-2H3. The van der Waals surface area contributed by atoms with Crippen LogP contribution in [0.15, 0.2) is 91.3 Å². The number of aromatic nitrogens is 2. The monoisotopic (exact) mass is 627 g/mol. The van der Waals surface area contributed by atoms with Gasteiger partial charge in [0, 0.05) is 43.2 Å². The second kappa shape index (κ2) is 15.7. The number of likely N-dealkylation sites (tertiary alicyclic amines) is 1. The zero-order chi connectivity index (χ0) is 31.6. The summed E-state index contributed by atoms with van der Waals surface area (Å²) in [7, 11) is 0. The Balaban J connectivity index is 1.40. The van der Waals surface area contributed by atoms with Gasteiger partial charge < -0.3 is 19.5 Å². The van der Waals surface area contributed by atoms with E-state index in [0.717, 1.165) is 56.8 Å². The summed E-state index contributed by atoms with van der Waals surface area (Å²) in [6, 6.07) is 29.4. The van der Waals surface area contributed by atoms with Gasteiger partial charge in [0.1, 0.15) is 5.69 Å². The maximum atomic E-state index is 14.3. The van der Waals surface area contributed by atoms with Gasteiger partial charge in [0.25, 0.3) is 5.91 Å². The molecule has 1 amide bonds. The molecule has 0 aliphatic carbocycles. The Morgan fingerprint density at radius 1 is 0.844 bits per heavy atom. The van der Waals surface area contributed by atoms with Gasteiger partial charge in [-0.25, -0.2) is 4.98 Å². The van der Waals surface area contributed by atoms with Gasteiger partial charge in [-0.2, -0.15) is 0 Å². The summed E-state index contributed by atoms with van der Waals surface area (Å²) < 4.78 is 1.96. The molecule has 1 aliphatic heterocycles. The Morgan fingerprint density at radius 3 is 2.00 bits per heavy atom. The van der Waals surface area contributed by atoms with Crippen molar-refractivity contribution in [3.63, 3.8) is 0 Å². The number of hydrogen-bond donors (Lipinski definition) is 1. The number of piperidine rings is 1. The molecule has 0 radical (unpaired) electrons. The lowest BCUT2D eigenvalue weighted by molar-refractivity contribution is 0.0687. The fourth-order valence-corrected chi connectivity index (χ4v) is 6.77. The first kappa shape index (κ1) is 32.9. The number of imidazole rings is 1. The second-order valence-corrected chi connectivity index (χ2v) is 12.4. The molecular weight excluding hydrogens is 582 g/mol. The molecule has 0 spiro atoms. The molecule has 238 valence electrons. The number of rotatable bonds is 14. The third-order valence-electron chi connectivity index (χ3n) is 9.36. The molecule has 1 fully saturated rings. The number of nitrogens with zero attached hydrogens (tertiary/aromatic N) is 5. The summed E-state index contributed by atoms with van der Waals surface area (Å²) >= 11 is 6.15. The van der Waals surface area contributed by atoms with E-state index in [9.17, 15) is 9.90 Å². The highest BCUT2D eigenvalue weighted by molar-refractivity contribution is 6.30. The van der Waals surface area contributed by atoms with E-state index < -0.39 is 0 Å². The molecular formula is C37H46ClN5O2. The predicted octanol–water partition coefficient (Wildman–Crippen LogP) is 5.94. The van der Waals surface area contributed by atoms with Crippen LogP contribution in [0.1, 0.15) is 59.6 Å². The van der Waals surface area contributed by atoms with Crippen molar-refractivity contribution >= 4 is 17.5 Å². The highest BCUT2D eigenvalue weighted by atomic mass is 35.5. The summed E-state index contributed by atoms with van der Waals surface area (Å²) in [5, 5.41) is 10.6. The Labute approximate surface area is 273 Å². The summed E-state index contributed by atoms with van der Waals surface area (Å²) in [6.45, 7) is 10.5. The first-order valence-electron chi connectivity index (χ1n) is 16.2. The lowest BCUT2D eigenvalue weighted by atomic mass is 9.68. The molecule has 5 rings (SSSR count). The molecule has 0 unspecified atom stereocenters. The van der Waals surface area contributed by atoms with Crippen molar-refractivity contribution in [2.45, 2.75) is 45.2 Å². The van der Waals surface area contributed by atoms with Gasteiger partial charge in [0.05, 0.1) is 18.6 Å². The number of benzene rings is 3. The van der Waals surface area contributed by atoms with Crippen LogP contribution in [-0.2, 0) is 18.5 Å². The quantitative estimate of drug-likeness (QED) is 0.187. The number of likely N-dealkylation sites (N-methyl/N-ethyl adjacent to an activating group) is 1. The summed E-state index contributed by atoms with van der Waals surface area (Å²) in [6.07, 6.45) is 3.76. The van der Waals surface area contributed by atoms with Gasteiger partial charge in [0.15, 0.2) is 0 Å². The van der Waals surface area contributed by atoms with Gasteiger partial charge in [-0.05, 0) is 67.8 Å². The van der Waals surface area contributed by atoms with Crippen molar-refractivity contribution in [3.05, 3.63) is 124 Å². The zero-order valence-corrected chi connectivity index (χ0v) is 27.4. The fourth-order valence-electron chi connectivity index (χ4n) is 6.64. The minimum Gasteiger partial charge on any atom is -0.395 e. The summed E-state index contributed by atoms with van der Waals surface area (Å²) in [4.78, 5) is 25.6. The van der Waals surface area contributed by atoms with Crippen molar-refractivity contribution in [1.82, 2.24) is 24.3 Å². The van der Waals surface area contributed by atoms with Crippen LogP contribution in [0.5, 0.6) is 0 Å². The van der Waals surface area contributed by atoms with Crippen LogP contribution in [0.4, 0.5) is 0 Å². The normalized spacial score (nSPS) is 15.0. The predicted molar refractivity (Wildman–Crippen MR) is 182 cm³/mol. The first-order valence-corrected chi connectivity index (χ1v) is 16.6. The van der Waals surface area contributed by atoms with E-state index in [0.29, 0.717) is 30.4 Å². The summed E-state index contributed by atoms with van der Waals surface area (Å²) in [5.74, 6) is -0.0856. The molecule has 3 aromatic carbocycles. The van der Waals surface area contributed by atoms with Crippen molar-refractivity contribution in [2.24, 2.45) is 0 Å². The third kappa shape index (κ3) is 7.85. The highest BCUT2D eigenvalue weighted by Crippen LogP contribution is 2.42. The fraction of sp³-hybridized carbons (Fsp3) is 0.405. The molecule has 0 atom stereocenters. The number of amides is 1. The number of hydrogen-bond acceptors (Lipinski definition) is 5. The molecule has 1 N–H and O–H groups in total. The molecule has 0 saturated carbocycles. The van der Waals surface area contributed by atoms with E-state index in [2.05, 4.69) is 84.3 Å². The number of aliphatic hydroxyl groups is 1. The molecule has 1 saturated heterocycles. The second-order valence-electron chi connectivity index (χ2n) is 11.9. The van der Waals surface area contributed by atoms with Gasteiger partial charge in [-0.1, -0.05) is 98.2 Å². The Hall–Kier alpha value is -3.49. The first-order chi connectivity index (χ1) is 22.0. The molecule has 8 heteroatoms. The Bertz CT molecular complexity index is 1440. The smallest absolute Gasteiger partial charge is 0.272 e. The lowest BCUT2D eigenvalue weighted by Gasteiger charge is -2.43. The van der Waals surface area contributed by atoms with Gasteiger partial charge in [0.2, 0.25) is 0 Å². The molecule has 4 aromatic rings. The minimum atomic E-state index is -0.0856. The largest absolute Gasteiger partial charge is 0.395 e. The van der Waals surface area contributed by atoms with Crippen LogP contribution in [0.2, 0.25) is 5.02 Å². The van der Waals surface area contributed by atoms with E-state index in [4.69, 9.17) is 16.6 Å². The SMILES string of the molecule is CCN(CC)CCN(CCO)C(=O)c1c(CN2CCC(c3ccccc3)(c3ccccc3)CC2)ncn1Cc1ccc(Cl)cc1. The number of carbonyl (C=O) groups is 1. The van der Waals surface area contributed by atoms with Crippen LogP contribution in [0.25, 0.3) is 0 Å². The highest BCUT2D eigenvalue weighted by Gasteiger charge is 2.38. The molecule has 45 heavy (non-hydrogen) atoms. The van der Waals surface area contributed by atoms with Crippen molar-refractivity contribution < 1.29 is 9.90 Å². The van der Waals surface area contributed by atoms with Crippen LogP contribution < -0.4 is 0 Å². The zero-order valence-electron chi connectivity index (χ0n) is 26.6. The van der Waals surface area contributed by atoms with Crippen molar-refractivity contribution in [2.75, 3.05) is 52.4 Å². The lowest BCUT2D eigenvalue weighted by Crippen LogP contribution is -2.44. The molecule has 0 bridgehead atoms. The maximum Gasteiger partial charge on any atom is 0.272 e. The average molecular weight is 628 g/mol. The van der Waals surface area contributed by atoms with Crippen LogP contribution in [0, 0.1) is 0 Å². The molecule has 1 aliphatic rings. The van der Waals surface area contributed by atoms with E-state index in [1.807, 2.05) is 28.8 Å². The van der Waals surface area contributed by atoms with E-state index >= 15 is 0 Å². The Kier molecular flexibility index (Phi) is 11.5. The minimum absolute atomic E-state index is 0.0477. The van der Waals surface area contributed by atoms with E-state index in [1.165, 1.54) is 11.1 Å². The van der Waals surface area contributed by atoms with Gasteiger partial charge in [-0.3, -0.25) is 9.69 Å². The van der Waals surface area contributed by atoms with E-state index in [1.54, 1.807) is 11.2 Å². The topological polar surface area (TPSA) is 64.8 Å². The van der Waals surface area contributed by atoms with Crippen molar-refractivity contribution in [3.8, 4) is 0 Å². The van der Waals surface area contributed by atoms with E-state index in [-0.39, 0.29) is 24.5 Å². The Morgan fingerprint density at radius 2 is 1.44 bits per heavy atom. The molecule has 7 nitrogen and oxygen atoms in total. The maximum absolute atomic E-state index is 14.3. The number of halogens is 1. The molecule has 2 heterocycles. The average Bonchev–Trinajstić information content (AvgIpc) is 3.48. The van der Waals surface area contributed by atoms with Gasteiger partial charge >= 0.3 is 0 Å².